The number of aromatic amines is 1. The van der Waals surface area contributed by atoms with Crippen LogP contribution in [0.2, 0.25) is 0 Å². The predicted molar refractivity (Wildman–Crippen MR) is 208 cm³/mol. The first-order chi connectivity index (χ1) is 22.3. The van der Waals surface area contributed by atoms with E-state index in [0.29, 0.717) is 17.9 Å². The highest BCUT2D eigenvalue weighted by Crippen LogP contribution is 2.32. The number of aromatic nitrogens is 3. The summed E-state index contributed by atoms with van der Waals surface area (Å²) in [7, 11) is -1.43. The number of benzene rings is 2. The Kier molecular flexibility index (Phi) is 13.1. The Balaban J connectivity index is 0.00000111. The number of halogens is 1. The fourth-order valence-corrected chi connectivity index (χ4v) is 5.05. The summed E-state index contributed by atoms with van der Waals surface area (Å²) in [6, 6.07) is 11.1. The summed E-state index contributed by atoms with van der Waals surface area (Å²) < 4.78 is 17.9. The first-order valence-electron chi connectivity index (χ1n) is 15.6. The van der Waals surface area contributed by atoms with Gasteiger partial charge >= 0.3 is 0 Å². The molecule has 0 aliphatic rings. The van der Waals surface area contributed by atoms with E-state index in [-0.39, 0.29) is 5.82 Å². The number of pyridine rings is 1. The molecule has 248 valence electrons. The lowest BCUT2D eigenvalue weighted by Crippen LogP contribution is -2.08. The molecule has 0 unspecified atom stereocenters. The van der Waals surface area contributed by atoms with Crippen molar-refractivity contribution < 1.29 is 4.39 Å². The van der Waals surface area contributed by atoms with E-state index >= 15 is 0 Å². The quantitative estimate of drug-likeness (QED) is 0.0855. The number of H-pyrrole nitrogens is 1. The summed E-state index contributed by atoms with van der Waals surface area (Å²) in [4.78, 5) is 4.44. The van der Waals surface area contributed by atoms with Crippen molar-refractivity contribution in [2.24, 2.45) is 5.92 Å². The van der Waals surface area contributed by atoms with Gasteiger partial charge in [-0.1, -0.05) is 70.8 Å². The number of nitrogens with zero attached hydrogens (tertiary/aromatic N) is 2. The summed E-state index contributed by atoms with van der Waals surface area (Å²) in [5.74, 6) is 8.65. The lowest BCUT2D eigenvalue weighted by molar-refractivity contribution is 0.625. The zero-order chi connectivity index (χ0) is 34.7. The van der Waals surface area contributed by atoms with Crippen LogP contribution in [0, 0.1) is 18.7 Å². The van der Waals surface area contributed by atoms with Crippen molar-refractivity contribution in [3.05, 3.63) is 127 Å². The fourth-order valence-electron chi connectivity index (χ4n) is 4.53. The molecule has 4 aromatic rings. The van der Waals surface area contributed by atoms with Crippen LogP contribution in [0.4, 0.5) is 10.1 Å². The minimum atomic E-state index is -1.43. The number of rotatable bonds is 13. The third kappa shape index (κ3) is 10.4. The van der Waals surface area contributed by atoms with Crippen molar-refractivity contribution >= 4 is 49.0 Å². The molecule has 4 rings (SSSR count). The molecule has 0 saturated heterocycles. The number of hydrogen-bond acceptors (Lipinski definition) is 5. The summed E-state index contributed by atoms with van der Waals surface area (Å²) >= 11 is 0. The summed E-state index contributed by atoms with van der Waals surface area (Å²) in [6.45, 7) is 23.0. The van der Waals surface area contributed by atoms with Gasteiger partial charge in [0, 0.05) is 29.4 Å². The molecule has 2 aromatic heterocycles. The normalized spacial score (nSPS) is 12.0. The van der Waals surface area contributed by atoms with E-state index < -0.39 is 9.39 Å². The van der Waals surface area contributed by atoms with Crippen LogP contribution in [0.5, 0.6) is 0 Å². The van der Waals surface area contributed by atoms with Gasteiger partial charge in [-0.3, -0.25) is 14.8 Å². The van der Waals surface area contributed by atoms with Gasteiger partial charge in [-0.05, 0) is 103 Å². The van der Waals surface area contributed by atoms with Gasteiger partial charge in [-0.25, -0.2) is 4.39 Å². The standard InChI is InChI=1S/C34H37FN6S.C5H12/c1-9-25(17-29(10-2)37-11-3)26-12-13-32-30(18-26)34(41-40-32)23(5)39-33-21-36-20-31(22(33)4)27-14-24(15-28(35)16-27)19-38-42(6,7)8;1-4-5(2)3/h9-18,20-21,37-39H,2-3,5-7,19H2,1,4,8H3,(H,40,41);5H,4H2,1-3H3/b25-9+,29-17+;. The van der Waals surface area contributed by atoms with Crippen LogP contribution in [0.1, 0.15) is 56.5 Å². The number of allylic oxidation sites excluding steroid dienone is 4. The smallest absolute Gasteiger partial charge is 0.124 e. The van der Waals surface area contributed by atoms with Crippen molar-refractivity contribution in [2.75, 3.05) is 11.6 Å². The van der Waals surface area contributed by atoms with Gasteiger partial charge in [-0.2, -0.15) is 14.5 Å². The molecule has 4 N–H and O–H groups in total. The third-order valence-corrected chi connectivity index (χ3v) is 8.34. The van der Waals surface area contributed by atoms with Crippen molar-refractivity contribution in [3.63, 3.8) is 0 Å². The molecular formula is C39H49FN6S. The van der Waals surface area contributed by atoms with Crippen LogP contribution >= 0.6 is 9.39 Å². The molecule has 0 aliphatic heterocycles. The Morgan fingerprint density at radius 3 is 2.45 bits per heavy atom. The van der Waals surface area contributed by atoms with Gasteiger partial charge in [-0.15, -0.1) is 0 Å². The lowest BCUT2D eigenvalue weighted by atomic mass is 9.99. The molecule has 0 amide bonds. The second kappa shape index (κ2) is 16.8. The van der Waals surface area contributed by atoms with E-state index in [9.17, 15) is 4.39 Å². The van der Waals surface area contributed by atoms with E-state index in [1.54, 1.807) is 24.7 Å². The Morgan fingerprint density at radius 2 is 1.83 bits per heavy atom. The minimum absolute atomic E-state index is 0.314. The number of hydrogen-bond donors (Lipinski definition) is 4. The second-order valence-corrected chi connectivity index (χ2v) is 14.8. The topological polar surface area (TPSA) is 77.7 Å². The van der Waals surface area contributed by atoms with E-state index in [1.165, 1.54) is 18.6 Å². The van der Waals surface area contributed by atoms with Gasteiger partial charge in [0.1, 0.15) is 11.5 Å². The first kappa shape index (κ1) is 36.8. The minimum Gasteiger partial charge on any atom is -0.362 e. The SMILES string of the molecule is C=CN/C(C=C)=C/C(=C\C)c1ccc2[nH]nc(C(=C)Nc3cncc(-c4cc(F)cc(CNS(=C)(=C)C)c4)c3C)c2c1.CCC(C)C. The predicted octanol–water partition coefficient (Wildman–Crippen LogP) is 9.72. The molecule has 0 atom stereocenters. The van der Waals surface area contributed by atoms with Gasteiger partial charge in [0.05, 0.1) is 23.1 Å². The molecule has 0 radical (unpaired) electrons. The van der Waals surface area contributed by atoms with Crippen LogP contribution in [0.15, 0.2) is 98.7 Å². The molecule has 0 fully saturated rings. The molecule has 0 saturated carbocycles. The third-order valence-electron chi connectivity index (χ3n) is 7.50. The molecule has 0 bridgehead atoms. The molecule has 0 aliphatic carbocycles. The average Bonchev–Trinajstić information content (AvgIpc) is 3.46. The van der Waals surface area contributed by atoms with E-state index in [4.69, 9.17) is 0 Å². The summed E-state index contributed by atoms with van der Waals surface area (Å²) in [5.41, 5.74) is 9.08. The maximum atomic E-state index is 14.6. The Morgan fingerprint density at radius 1 is 1.11 bits per heavy atom. The van der Waals surface area contributed by atoms with E-state index in [2.05, 4.69) is 88.9 Å². The average molecular weight is 653 g/mol. The van der Waals surface area contributed by atoms with Crippen LogP contribution in [-0.2, 0) is 6.54 Å². The molecular weight excluding hydrogens is 604 g/mol. The van der Waals surface area contributed by atoms with Crippen molar-refractivity contribution in [2.45, 2.75) is 47.6 Å². The van der Waals surface area contributed by atoms with Gasteiger partial charge in [0.25, 0.3) is 0 Å². The molecule has 6 nitrogen and oxygen atoms in total. The zero-order valence-electron chi connectivity index (χ0n) is 28.6. The van der Waals surface area contributed by atoms with Gasteiger partial charge < -0.3 is 10.6 Å². The van der Waals surface area contributed by atoms with Crippen LogP contribution in [0.3, 0.4) is 0 Å². The Bertz CT molecular complexity index is 1910. The van der Waals surface area contributed by atoms with Gasteiger partial charge in [0.2, 0.25) is 0 Å². The second-order valence-electron chi connectivity index (χ2n) is 11.9. The monoisotopic (exact) mass is 652 g/mol. The number of fused-ring (bicyclic) bond motifs is 1. The molecule has 0 spiro atoms. The first-order valence-corrected chi connectivity index (χ1v) is 17.9. The van der Waals surface area contributed by atoms with Crippen molar-refractivity contribution in [1.29, 1.82) is 0 Å². The lowest BCUT2D eigenvalue weighted by Gasteiger charge is -2.15. The number of nitrogens with one attached hydrogen (secondary N) is 4. The zero-order valence-corrected chi connectivity index (χ0v) is 29.5. The fraction of sp³-hybridized carbons (Fsp3) is 0.231. The Labute approximate surface area is 280 Å². The highest BCUT2D eigenvalue weighted by molar-refractivity contribution is 8.25. The summed E-state index contributed by atoms with van der Waals surface area (Å²) in [5, 5.41) is 15.0. The maximum Gasteiger partial charge on any atom is 0.124 e. The van der Waals surface area contributed by atoms with E-state index in [1.807, 2.05) is 50.5 Å². The maximum absolute atomic E-state index is 14.6. The molecule has 8 heteroatoms. The highest BCUT2D eigenvalue weighted by Gasteiger charge is 2.15. The molecule has 47 heavy (non-hydrogen) atoms. The van der Waals surface area contributed by atoms with Crippen LogP contribution in [0.25, 0.3) is 33.3 Å². The molecule has 2 heterocycles. The van der Waals surface area contributed by atoms with Gasteiger partial charge in [0.15, 0.2) is 0 Å². The van der Waals surface area contributed by atoms with Crippen LogP contribution < -0.4 is 15.4 Å². The largest absolute Gasteiger partial charge is 0.362 e. The van der Waals surface area contributed by atoms with Crippen molar-refractivity contribution in [1.82, 2.24) is 25.2 Å². The summed E-state index contributed by atoms with van der Waals surface area (Å²) in [6.07, 6.45) is 14.1. The number of anilines is 1. The van der Waals surface area contributed by atoms with Crippen molar-refractivity contribution in [3.8, 4) is 11.1 Å². The Hall–Kier alpha value is -4.66. The van der Waals surface area contributed by atoms with Crippen LogP contribution in [-0.4, -0.2) is 33.2 Å². The highest BCUT2D eigenvalue weighted by atomic mass is 32.2. The van der Waals surface area contributed by atoms with E-state index in [0.717, 1.165) is 61.6 Å². The molecule has 2 aromatic carbocycles.